The van der Waals surface area contributed by atoms with Gasteiger partial charge in [0.05, 0.1) is 12.2 Å². The molecule has 0 bridgehead atoms. The topological polar surface area (TPSA) is 70.2 Å². The molecule has 1 aliphatic heterocycles. The highest BCUT2D eigenvalue weighted by molar-refractivity contribution is 5.14. The van der Waals surface area contributed by atoms with Gasteiger partial charge in [0.15, 0.2) is 5.82 Å². The van der Waals surface area contributed by atoms with Crippen LogP contribution >= 0.6 is 0 Å². The van der Waals surface area contributed by atoms with Crippen molar-refractivity contribution in [3.63, 3.8) is 0 Å². The minimum absolute atomic E-state index is 0.0238. The smallest absolute Gasteiger partial charge is 0.381 e. The molecule has 1 atom stereocenters. The van der Waals surface area contributed by atoms with Crippen molar-refractivity contribution in [2.45, 2.75) is 25.1 Å². The lowest BCUT2D eigenvalue weighted by Gasteiger charge is -2.08. The number of pyridine rings is 1. The van der Waals surface area contributed by atoms with Crippen LogP contribution in [0.15, 0.2) is 27.6 Å². The molecule has 2 aromatic heterocycles. The van der Waals surface area contributed by atoms with Crippen LogP contribution in [0.5, 0.6) is 0 Å². The van der Waals surface area contributed by atoms with Crippen LogP contribution < -0.4 is 5.56 Å². The minimum atomic E-state index is -4.52. The van der Waals surface area contributed by atoms with Crippen LogP contribution in [-0.2, 0) is 17.5 Å². The zero-order chi connectivity index (χ0) is 15.7. The Morgan fingerprint density at radius 3 is 2.86 bits per heavy atom. The minimum Gasteiger partial charge on any atom is -0.381 e. The summed E-state index contributed by atoms with van der Waals surface area (Å²) in [5.41, 5.74) is -1.48. The van der Waals surface area contributed by atoms with Crippen molar-refractivity contribution < 1.29 is 22.4 Å². The number of nitrogens with zero attached hydrogens (tertiary/aromatic N) is 3. The third-order valence-electron chi connectivity index (χ3n) is 3.40. The summed E-state index contributed by atoms with van der Waals surface area (Å²) in [5, 5.41) is 3.79. The predicted octanol–water partition coefficient (Wildman–Crippen LogP) is 1.80. The molecule has 118 valence electrons. The molecule has 0 aromatic carbocycles. The van der Waals surface area contributed by atoms with Crippen LogP contribution in [0.2, 0.25) is 0 Å². The number of rotatable bonds is 3. The fourth-order valence-electron chi connectivity index (χ4n) is 2.20. The van der Waals surface area contributed by atoms with Gasteiger partial charge >= 0.3 is 6.18 Å². The Balaban J connectivity index is 1.82. The van der Waals surface area contributed by atoms with Crippen LogP contribution in [0.25, 0.3) is 0 Å². The zero-order valence-corrected chi connectivity index (χ0v) is 11.3. The van der Waals surface area contributed by atoms with Gasteiger partial charge in [-0.05, 0) is 12.5 Å². The van der Waals surface area contributed by atoms with Crippen molar-refractivity contribution >= 4 is 0 Å². The van der Waals surface area contributed by atoms with Gasteiger partial charge < -0.3 is 13.8 Å². The molecule has 22 heavy (non-hydrogen) atoms. The lowest BCUT2D eigenvalue weighted by Crippen LogP contribution is -2.22. The molecule has 0 spiro atoms. The maximum Gasteiger partial charge on any atom is 0.417 e. The summed E-state index contributed by atoms with van der Waals surface area (Å²) in [6.45, 7) is 0.896. The van der Waals surface area contributed by atoms with E-state index in [2.05, 4.69) is 10.1 Å². The summed E-state index contributed by atoms with van der Waals surface area (Å²) in [7, 11) is 0. The highest BCUT2D eigenvalue weighted by atomic mass is 19.4. The number of aromatic nitrogens is 3. The Bertz CT molecular complexity index is 717. The summed E-state index contributed by atoms with van der Waals surface area (Å²) in [5.74, 6) is 0.562. The standard InChI is InChI=1S/C13H12F3N3O3/c14-13(15,16)9-1-2-11(20)19(5-9)6-10-17-12(18-22-10)8-3-4-21-7-8/h1-2,5,8H,3-4,6-7H2/t8-/m1/s1. The molecular weight excluding hydrogens is 303 g/mol. The number of hydrogen-bond acceptors (Lipinski definition) is 5. The molecule has 3 rings (SSSR count). The third kappa shape index (κ3) is 3.03. The third-order valence-corrected chi connectivity index (χ3v) is 3.40. The molecule has 3 heterocycles. The Labute approximate surface area is 122 Å². The Kier molecular flexibility index (Phi) is 3.73. The Morgan fingerprint density at radius 2 is 2.18 bits per heavy atom. The summed E-state index contributed by atoms with van der Waals surface area (Å²) < 4.78 is 49.1. The first kappa shape index (κ1) is 14.8. The van der Waals surface area contributed by atoms with Gasteiger partial charge in [-0.2, -0.15) is 18.2 Å². The van der Waals surface area contributed by atoms with Crippen LogP contribution in [-0.4, -0.2) is 27.9 Å². The van der Waals surface area contributed by atoms with E-state index in [1.807, 2.05) is 0 Å². The van der Waals surface area contributed by atoms with Crippen molar-refractivity contribution in [2.75, 3.05) is 13.2 Å². The first-order valence-electron chi connectivity index (χ1n) is 6.61. The fraction of sp³-hybridized carbons (Fsp3) is 0.462. The van der Waals surface area contributed by atoms with E-state index in [0.717, 1.165) is 29.3 Å². The predicted molar refractivity (Wildman–Crippen MR) is 67.3 cm³/mol. The van der Waals surface area contributed by atoms with Crippen LogP contribution in [0.4, 0.5) is 13.2 Å². The molecule has 0 aliphatic carbocycles. The normalized spacial score (nSPS) is 18.8. The molecule has 1 aliphatic rings. The Morgan fingerprint density at radius 1 is 1.36 bits per heavy atom. The second-order valence-electron chi connectivity index (χ2n) is 4.99. The average molecular weight is 315 g/mol. The van der Waals surface area contributed by atoms with Crippen LogP contribution in [0.1, 0.15) is 29.6 Å². The second-order valence-corrected chi connectivity index (χ2v) is 4.99. The summed E-state index contributed by atoms with van der Waals surface area (Å²) in [6, 6.07) is 1.61. The molecule has 0 saturated carbocycles. The van der Waals surface area contributed by atoms with E-state index in [-0.39, 0.29) is 18.4 Å². The lowest BCUT2D eigenvalue weighted by atomic mass is 10.1. The first-order chi connectivity index (χ1) is 10.4. The van der Waals surface area contributed by atoms with Crippen LogP contribution in [0, 0.1) is 0 Å². The van der Waals surface area contributed by atoms with Crippen molar-refractivity contribution in [3.8, 4) is 0 Å². The van der Waals surface area contributed by atoms with Gasteiger partial charge in [0.2, 0.25) is 5.89 Å². The Hall–Kier alpha value is -2.16. The molecule has 1 fully saturated rings. The highest BCUT2D eigenvalue weighted by Gasteiger charge is 2.31. The van der Waals surface area contributed by atoms with Crippen molar-refractivity contribution in [1.82, 2.24) is 14.7 Å². The highest BCUT2D eigenvalue weighted by Crippen LogP contribution is 2.28. The van der Waals surface area contributed by atoms with Gasteiger partial charge in [-0.1, -0.05) is 5.16 Å². The van der Waals surface area contributed by atoms with Gasteiger partial charge in [-0.25, -0.2) is 0 Å². The van der Waals surface area contributed by atoms with Gasteiger partial charge in [-0.3, -0.25) is 4.79 Å². The molecule has 2 aromatic rings. The largest absolute Gasteiger partial charge is 0.417 e. The summed E-state index contributed by atoms with van der Waals surface area (Å²) in [6.07, 6.45) is -3.01. The van der Waals surface area contributed by atoms with Gasteiger partial charge in [-0.15, -0.1) is 0 Å². The number of hydrogen-bond donors (Lipinski definition) is 0. The molecule has 9 heteroatoms. The number of ether oxygens (including phenoxy) is 1. The van der Waals surface area contributed by atoms with Crippen molar-refractivity contribution in [1.29, 1.82) is 0 Å². The van der Waals surface area contributed by atoms with Crippen molar-refractivity contribution in [3.05, 3.63) is 46.0 Å². The molecule has 0 amide bonds. The molecule has 0 radical (unpaired) electrons. The van der Waals surface area contributed by atoms with E-state index in [9.17, 15) is 18.0 Å². The van der Waals surface area contributed by atoms with Gasteiger partial charge in [0.25, 0.3) is 5.56 Å². The van der Waals surface area contributed by atoms with Gasteiger partial charge in [0.1, 0.15) is 6.54 Å². The summed E-state index contributed by atoms with van der Waals surface area (Å²) >= 11 is 0. The molecule has 0 unspecified atom stereocenters. The number of alkyl halides is 3. The van der Waals surface area contributed by atoms with E-state index in [4.69, 9.17) is 9.26 Å². The molecular formula is C13H12F3N3O3. The van der Waals surface area contributed by atoms with Gasteiger partial charge in [0, 0.05) is 24.8 Å². The average Bonchev–Trinajstić information content (AvgIpc) is 3.10. The fourth-order valence-corrected chi connectivity index (χ4v) is 2.20. The monoisotopic (exact) mass is 315 g/mol. The maximum absolute atomic E-state index is 12.7. The van der Waals surface area contributed by atoms with Crippen LogP contribution in [0.3, 0.4) is 0 Å². The zero-order valence-electron chi connectivity index (χ0n) is 11.3. The van der Waals surface area contributed by atoms with E-state index >= 15 is 0 Å². The van der Waals surface area contributed by atoms with Crippen molar-refractivity contribution in [2.24, 2.45) is 0 Å². The lowest BCUT2D eigenvalue weighted by molar-refractivity contribution is -0.138. The first-order valence-corrected chi connectivity index (χ1v) is 6.61. The molecule has 0 N–H and O–H groups in total. The van der Waals surface area contributed by atoms with E-state index in [1.54, 1.807) is 0 Å². The van der Waals surface area contributed by atoms with E-state index < -0.39 is 17.3 Å². The molecule has 6 nitrogen and oxygen atoms in total. The summed E-state index contributed by atoms with van der Waals surface area (Å²) in [4.78, 5) is 15.8. The maximum atomic E-state index is 12.7. The number of halogens is 3. The SMILES string of the molecule is O=c1ccc(C(F)(F)F)cn1Cc1nc([C@@H]2CCOC2)no1. The quantitative estimate of drug-likeness (QED) is 0.864. The van der Waals surface area contributed by atoms with E-state index in [1.165, 1.54) is 0 Å². The molecule has 1 saturated heterocycles. The van der Waals surface area contributed by atoms with E-state index in [0.29, 0.717) is 19.0 Å². The second kappa shape index (κ2) is 5.56.